The normalized spacial score (nSPS) is 17.2. The number of aromatic amines is 1. The number of carbonyl (C=O) groups excluding carboxylic acids is 1. The summed E-state index contributed by atoms with van der Waals surface area (Å²) in [5, 5.41) is 9.92. The number of nitrogens with one attached hydrogen (secondary N) is 1. The van der Waals surface area contributed by atoms with Crippen LogP contribution in [0.25, 0.3) is 0 Å². The Hall–Kier alpha value is -1.92. The molecule has 0 aromatic carbocycles. The van der Waals surface area contributed by atoms with Crippen molar-refractivity contribution in [3.8, 4) is 0 Å². The number of nitrogens with two attached hydrogens (primary N) is 1. The molecule has 18 heavy (non-hydrogen) atoms. The Bertz CT molecular complexity index is 434. The van der Waals surface area contributed by atoms with Crippen LogP contribution in [0.5, 0.6) is 0 Å². The molecule has 0 spiro atoms. The highest BCUT2D eigenvalue weighted by Crippen LogP contribution is 2.22. The number of hydrogen-bond donors (Lipinski definition) is 2. The monoisotopic (exact) mass is 250 g/mol. The lowest BCUT2D eigenvalue weighted by molar-refractivity contribution is 0.0996. The van der Waals surface area contributed by atoms with E-state index in [0.29, 0.717) is 6.04 Å². The number of H-pyrrole nitrogens is 1. The maximum absolute atomic E-state index is 11.1. The third kappa shape index (κ3) is 2.85. The zero-order valence-corrected chi connectivity index (χ0v) is 10.5. The first kappa shape index (κ1) is 12.5. The van der Waals surface area contributed by atoms with Gasteiger partial charge in [-0.2, -0.15) is 0 Å². The molecule has 0 aliphatic heterocycles. The fourth-order valence-electron chi connectivity index (χ4n) is 2.18. The minimum Gasteiger partial charge on any atom is -0.364 e. The van der Waals surface area contributed by atoms with E-state index in [1.165, 1.54) is 25.6 Å². The molecule has 1 saturated carbocycles. The summed E-state index contributed by atoms with van der Waals surface area (Å²) >= 11 is 0. The van der Waals surface area contributed by atoms with Crippen molar-refractivity contribution in [3.05, 3.63) is 12.0 Å². The van der Waals surface area contributed by atoms with E-state index in [0.717, 1.165) is 12.8 Å². The van der Waals surface area contributed by atoms with Gasteiger partial charge in [0, 0.05) is 13.1 Å². The average Bonchev–Trinajstić information content (AvgIpc) is 2.85. The number of amides is 1. The van der Waals surface area contributed by atoms with Crippen molar-refractivity contribution in [1.29, 1.82) is 0 Å². The van der Waals surface area contributed by atoms with Gasteiger partial charge in [-0.05, 0) is 12.8 Å². The highest BCUT2D eigenvalue weighted by molar-refractivity contribution is 5.94. The Morgan fingerprint density at radius 3 is 2.89 bits per heavy atom. The molecule has 1 aliphatic carbocycles. The molecule has 7 heteroatoms. The van der Waals surface area contributed by atoms with Crippen molar-refractivity contribution in [1.82, 2.24) is 15.0 Å². The predicted molar refractivity (Wildman–Crippen MR) is 66.3 cm³/mol. The molecular weight excluding hydrogens is 232 g/mol. The molecule has 7 nitrogen and oxygen atoms in total. The second kappa shape index (κ2) is 5.61. The summed E-state index contributed by atoms with van der Waals surface area (Å²) in [6.07, 6.45) is 7.43. The lowest BCUT2D eigenvalue weighted by Crippen LogP contribution is -2.28. The molecule has 1 fully saturated rings. The van der Waals surface area contributed by atoms with Gasteiger partial charge in [-0.25, -0.2) is 4.98 Å². The third-order valence-electron chi connectivity index (χ3n) is 3.25. The molecule has 1 aliphatic rings. The van der Waals surface area contributed by atoms with Crippen molar-refractivity contribution in [2.75, 3.05) is 7.05 Å². The maximum Gasteiger partial charge on any atom is 0.269 e. The smallest absolute Gasteiger partial charge is 0.269 e. The number of rotatable bonds is 4. The minimum absolute atomic E-state index is 0.191. The Balaban J connectivity index is 2.01. The van der Waals surface area contributed by atoms with Gasteiger partial charge in [-0.15, -0.1) is 5.11 Å². The van der Waals surface area contributed by atoms with Gasteiger partial charge in [0.2, 0.25) is 5.82 Å². The summed E-state index contributed by atoms with van der Waals surface area (Å²) < 4.78 is 0. The second-order valence-electron chi connectivity index (χ2n) is 4.52. The van der Waals surface area contributed by atoms with Crippen LogP contribution in [0.15, 0.2) is 16.7 Å². The topological polar surface area (TPSA) is 99.7 Å². The van der Waals surface area contributed by atoms with E-state index >= 15 is 0 Å². The number of imidazole rings is 1. The van der Waals surface area contributed by atoms with Gasteiger partial charge in [0.1, 0.15) is 0 Å². The molecule has 0 radical (unpaired) electrons. The SMILES string of the molecule is CN(N=Nc1nc[nH]c1C(N)=O)C1CCCCC1. The minimum atomic E-state index is -0.582. The number of carbonyl (C=O) groups is 1. The maximum atomic E-state index is 11.1. The van der Waals surface area contributed by atoms with Crippen LogP contribution in [-0.2, 0) is 0 Å². The molecule has 0 unspecified atom stereocenters. The standard InChI is InChI=1S/C11H18N6O/c1-17(8-5-3-2-4-6-8)16-15-11-9(10(12)18)13-7-14-11/h7-8H,2-6H2,1H3,(H2,12,18)(H,13,14). The van der Waals surface area contributed by atoms with E-state index in [9.17, 15) is 4.79 Å². The molecule has 0 bridgehead atoms. The number of nitrogens with zero attached hydrogens (tertiary/aromatic N) is 4. The molecule has 0 saturated heterocycles. The van der Waals surface area contributed by atoms with Gasteiger partial charge in [-0.1, -0.05) is 24.5 Å². The van der Waals surface area contributed by atoms with Gasteiger partial charge in [0.05, 0.1) is 6.33 Å². The summed E-state index contributed by atoms with van der Waals surface area (Å²) in [6.45, 7) is 0. The van der Waals surface area contributed by atoms with Crippen molar-refractivity contribution in [2.24, 2.45) is 16.1 Å². The second-order valence-corrected chi connectivity index (χ2v) is 4.52. The molecule has 2 rings (SSSR count). The van der Waals surface area contributed by atoms with Crippen molar-refractivity contribution < 1.29 is 4.79 Å². The Morgan fingerprint density at radius 2 is 2.22 bits per heavy atom. The first-order chi connectivity index (χ1) is 8.68. The summed E-state index contributed by atoms with van der Waals surface area (Å²) in [5.41, 5.74) is 5.37. The van der Waals surface area contributed by atoms with Gasteiger partial charge in [0.25, 0.3) is 5.91 Å². The summed E-state index contributed by atoms with van der Waals surface area (Å²) in [4.78, 5) is 17.6. The van der Waals surface area contributed by atoms with Crippen LogP contribution in [0.2, 0.25) is 0 Å². The molecule has 0 atom stereocenters. The Morgan fingerprint density at radius 1 is 1.50 bits per heavy atom. The van der Waals surface area contributed by atoms with Crippen molar-refractivity contribution >= 4 is 11.7 Å². The van der Waals surface area contributed by atoms with E-state index in [1.807, 2.05) is 12.1 Å². The summed E-state index contributed by atoms with van der Waals surface area (Å²) in [7, 11) is 1.90. The number of hydrogen-bond acceptors (Lipinski definition) is 4. The molecule has 1 heterocycles. The van der Waals surface area contributed by atoms with E-state index < -0.39 is 5.91 Å². The Labute approximate surface area is 105 Å². The van der Waals surface area contributed by atoms with E-state index in [1.54, 1.807) is 0 Å². The fraction of sp³-hybridized carbons (Fsp3) is 0.636. The lowest BCUT2D eigenvalue weighted by Gasteiger charge is -2.27. The Kier molecular flexibility index (Phi) is 3.91. The van der Waals surface area contributed by atoms with Gasteiger partial charge >= 0.3 is 0 Å². The average molecular weight is 250 g/mol. The predicted octanol–water partition coefficient (Wildman–Crippen LogP) is 1.77. The van der Waals surface area contributed by atoms with Crippen LogP contribution < -0.4 is 5.73 Å². The highest BCUT2D eigenvalue weighted by Gasteiger charge is 2.17. The lowest BCUT2D eigenvalue weighted by atomic mass is 9.95. The molecule has 3 N–H and O–H groups in total. The zero-order chi connectivity index (χ0) is 13.0. The van der Waals surface area contributed by atoms with Crippen LogP contribution in [0.3, 0.4) is 0 Å². The molecule has 98 valence electrons. The van der Waals surface area contributed by atoms with Gasteiger partial charge < -0.3 is 10.7 Å². The van der Waals surface area contributed by atoms with Crippen LogP contribution in [0, 0.1) is 0 Å². The van der Waals surface area contributed by atoms with Gasteiger partial charge in [-0.3, -0.25) is 9.80 Å². The first-order valence-corrected chi connectivity index (χ1v) is 6.16. The van der Waals surface area contributed by atoms with E-state index in [2.05, 4.69) is 20.3 Å². The first-order valence-electron chi connectivity index (χ1n) is 6.16. The summed E-state index contributed by atoms with van der Waals surface area (Å²) in [6, 6.07) is 0.429. The van der Waals surface area contributed by atoms with Gasteiger partial charge in [0.15, 0.2) is 5.69 Å². The van der Waals surface area contributed by atoms with Crippen molar-refractivity contribution in [3.63, 3.8) is 0 Å². The molecule has 1 aromatic rings. The van der Waals surface area contributed by atoms with Crippen LogP contribution >= 0.6 is 0 Å². The van der Waals surface area contributed by atoms with Crippen LogP contribution in [0.1, 0.15) is 42.6 Å². The quantitative estimate of drug-likeness (QED) is 0.629. The highest BCUT2D eigenvalue weighted by atomic mass is 16.1. The molecule has 1 amide bonds. The molecule has 1 aromatic heterocycles. The van der Waals surface area contributed by atoms with Crippen LogP contribution in [-0.4, -0.2) is 34.0 Å². The van der Waals surface area contributed by atoms with E-state index in [4.69, 9.17) is 5.73 Å². The largest absolute Gasteiger partial charge is 0.364 e. The number of aromatic nitrogens is 2. The molecular formula is C11H18N6O. The van der Waals surface area contributed by atoms with Crippen molar-refractivity contribution in [2.45, 2.75) is 38.1 Å². The number of primary amides is 1. The fourth-order valence-corrected chi connectivity index (χ4v) is 2.18. The van der Waals surface area contributed by atoms with E-state index in [-0.39, 0.29) is 11.5 Å². The zero-order valence-electron chi connectivity index (χ0n) is 10.5. The summed E-state index contributed by atoms with van der Waals surface area (Å²) in [5.74, 6) is -0.341. The third-order valence-corrected chi connectivity index (χ3v) is 3.25. The van der Waals surface area contributed by atoms with Crippen LogP contribution in [0.4, 0.5) is 5.82 Å².